The highest BCUT2D eigenvalue weighted by Crippen LogP contribution is 2.40. The predicted molar refractivity (Wildman–Crippen MR) is 117 cm³/mol. The molecule has 1 fully saturated rings. The van der Waals surface area contributed by atoms with Crippen LogP contribution in [0.4, 0.5) is 5.13 Å². The summed E-state index contributed by atoms with van der Waals surface area (Å²) in [5.74, 6) is 0.680. The number of methoxy groups -OCH3 is 3. The second-order valence-electron chi connectivity index (χ2n) is 5.61. The quantitative estimate of drug-likeness (QED) is 0.508. The van der Waals surface area contributed by atoms with Gasteiger partial charge in [-0.1, -0.05) is 24.0 Å². The van der Waals surface area contributed by atoms with E-state index in [0.29, 0.717) is 37.2 Å². The van der Waals surface area contributed by atoms with Crippen LogP contribution in [0.3, 0.4) is 0 Å². The Bertz CT molecular complexity index is 950. The number of carbonyl (C=O) groups is 2. The standard InChI is InChI=1S/C18H17N3O5S3/c1-24-11-6-10(7-12(25-2)15(11)26-3)8-13-16(23)21(18(27)29-13)9-14(22)20-17-19-4-5-28-17/h4-8H,9H2,1-3H3,(H,19,20,22)/b13-8+. The summed E-state index contributed by atoms with van der Waals surface area (Å²) >= 11 is 7.70. The number of rotatable bonds is 7. The van der Waals surface area contributed by atoms with Crippen LogP contribution < -0.4 is 19.5 Å². The average Bonchev–Trinajstić information content (AvgIpc) is 3.31. The SMILES string of the molecule is COc1cc(/C=C2/SC(=S)N(CC(=O)Nc3nccs3)C2=O)cc(OC)c1OC. The predicted octanol–water partition coefficient (Wildman–Crippen LogP) is 3.01. The third-order valence-corrected chi connectivity index (χ3v) is 5.91. The normalized spacial score (nSPS) is 15.0. The maximum absolute atomic E-state index is 12.8. The summed E-state index contributed by atoms with van der Waals surface area (Å²) in [6.45, 7) is -0.184. The summed E-state index contributed by atoms with van der Waals surface area (Å²) in [4.78, 5) is 30.6. The fraction of sp³-hybridized carbons (Fsp3) is 0.222. The van der Waals surface area contributed by atoms with Crippen molar-refractivity contribution < 1.29 is 23.8 Å². The van der Waals surface area contributed by atoms with E-state index >= 15 is 0 Å². The van der Waals surface area contributed by atoms with Gasteiger partial charge >= 0.3 is 0 Å². The first-order chi connectivity index (χ1) is 14.0. The highest BCUT2D eigenvalue weighted by Gasteiger charge is 2.33. The Hall–Kier alpha value is -2.63. The van der Waals surface area contributed by atoms with Crippen LogP contribution in [-0.4, -0.2) is 53.9 Å². The fourth-order valence-corrected chi connectivity index (χ4v) is 4.36. The molecule has 1 aromatic heterocycles. The molecule has 0 aliphatic carbocycles. The lowest BCUT2D eigenvalue weighted by Gasteiger charge is -2.13. The molecule has 2 aromatic rings. The summed E-state index contributed by atoms with van der Waals surface area (Å²) in [6, 6.07) is 3.45. The van der Waals surface area contributed by atoms with Gasteiger partial charge < -0.3 is 19.5 Å². The number of thiocarbonyl (C=S) groups is 1. The van der Waals surface area contributed by atoms with Gasteiger partial charge in [0.25, 0.3) is 5.91 Å². The Morgan fingerprint density at radius 2 is 1.93 bits per heavy atom. The molecule has 0 radical (unpaired) electrons. The van der Waals surface area contributed by atoms with Gasteiger partial charge in [-0.3, -0.25) is 14.5 Å². The smallest absolute Gasteiger partial charge is 0.266 e. The molecule has 0 unspecified atom stereocenters. The van der Waals surface area contributed by atoms with E-state index in [2.05, 4.69) is 10.3 Å². The van der Waals surface area contributed by atoms with Crippen LogP contribution >= 0.6 is 35.3 Å². The van der Waals surface area contributed by atoms with Crippen LogP contribution in [0.25, 0.3) is 6.08 Å². The van der Waals surface area contributed by atoms with E-state index in [0.717, 1.165) is 11.8 Å². The molecule has 152 valence electrons. The molecule has 8 nitrogen and oxygen atoms in total. The van der Waals surface area contributed by atoms with Crippen molar-refractivity contribution in [3.05, 3.63) is 34.2 Å². The average molecular weight is 452 g/mol. The number of nitrogens with zero attached hydrogens (tertiary/aromatic N) is 2. The van der Waals surface area contributed by atoms with Gasteiger partial charge in [0.1, 0.15) is 10.9 Å². The summed E-state index contributed by atoms with van der Waals surface area (Å²) in [5, 5.41) is 4.85. The Labute approximate surface area is 180 Å². The second kappa shape index (κ2) is 9.25. The maximum Gasteiger partial charge on any atom is 0.266 e. The Kier molecular flexibility index (Phi) is 6.72. The molecule has 1 N–H and O–H groups in total. The zero-order chi connectivity index (χ0) is 21.0. The van der Waals surface area contributed by atoms with Gasteiger partial charge in [-0.2, -0.15) is 0 Å². The van der Waals surface area contributed by atoms with Crippen LogP contribution in [-0.2, 0) is 9.59 Å². The fourth-order valence-electron chi connectivity index (χ4n) is 2.56. The Morgan fingerprint density at radius 1 is 1.24 bits per heavy atom. The number of aromatic nitrogens is 1. The lowest BCUT2D eigenvalue weighted by Crippen LogP contribution is -2.36. The van der Waals surface area contributed by atoms with E-state index in [9.17, 15) is 9.59 Å². The van der Waals surface area contributed by atoms with E-state index in [1.165, 1.54) is 37.6 Å². The lowest BCUT2D eigenvalue weighted by molar-refractivity contribution is -0.126. The van der Waals surface area contributed by atoms with Gasteiger partial charge in [-0.25, -0.2) is 4.98 Å². The first-order valence-electron chi connectivity index (χ1n) is 8.21. The molecular weight excluding hydrogens is 434 g/mol. The minimum atomic E-state index is -0.370. The monoisotopic (exact) mass is 451 g/mol. The van der Waals surface area contributed by atoms with Gasteiger partial charge in [0, 0.05) is 11.6 Å². The molecular formula is C18H17N3O5S3. The highest BCUT2D eigenvalue weighted by molar-refractivity contribution is 8.26. The lowest BCUT2D eigenvalue weighted by atomic mass is 10.1. The molecule has 11 heteroatoms. The van der Waals surface area contributed by atoms with Crippen LogP contribution in [0.15, 0.2) is 28.6 Å². The molecule has 0 spiro atoms. The molecule has 0 bridgehead atoms. The first-order valence-corrected chi connectivity index (χ1v) is 10.3. The number of hydrogen-bond donors (Lipinski definition) is 1. The van der Waals surface area contributed by atoms with Gasteiger partial charge in [0.2, 0.25) is 11.7 Å². The molecule has 0 atom stereocenters. The number of thiazole rings is 1. The van der Waals surface area contributed by atoms with Crippen molar-refractivity contribution in [1.29, 1.82) is 0 Å². The van der Waals surface area contributed by atoms with Crippen molar-refractivity contribution in [1.82, 2.24) is 9.88 Å². The van der Waals surface area contributed by atoms with Crippen molar-refractivity contribution in [2.24, 2.45) is 0 Å². The zero-order valence-electron chi connectivity index (χ0n) is 15.8. The van der Waals surface area contributed by atoms with E-state index < -0.39 is 0 Å². The molecule has 1 aliphatic heterocycles. The molecule has 1 aliphatic rings. The number of ether oxygens (including phenoxy) is 3. The number of amides is 2. The maximum atomic E-state index is 12.8. The van der Waals surface area contributed by atoms with Crippen molar-refractivity contribution >= 4 is 62.7 Å². The van der Waals surface area contributed by atoms with E-state index in [-0.39, 0.29) is 18.4 Å². The molecule has 0 saturated carbocycles. The molecule has 2 heterocycles. The third kappa shape index (κ3) is 4.69. The second-order valence-corrected chi connectivity index (χ2v) is 8.18. The van der Waals surface area contributed by atoms with Crippen LogP contribution in [0.1, 0.15) is 5.56 Å². The Balaban J connectivity index is 1.80. The highest BCUT2D eigenvalue weighted by atomic mass is 32.2. The van der Waals surface area contributed by atoms with Gasteiger partial charge in [0.05, 0.1) is 26.2 Å². The van der Waals surface area contributed by atoms with Crippen LogP contribution in [0.5, 0.6) is 17.2 Å². The van der Waals surface area contributed by atoms with Crippen molar-refractivity contribution in [2.75, 3.05) is 33.2 Å². The largest absolute Gasteiger partial charge is 0.493 e. The first kappa shape index (κ1) is 21.1. The summed E-state index contributed by atoms with van der Waals surface area (Å²) in [6.07, 6.45) is 3.25. The van der Waals surface area contributed by atoms with Crippen molar-refractivity contribution in [3.63, 3.8) is 0 Å². The minimum absolute atomic E-state index is 0.184. The zero-order valence-corrected chi connectivity index (χ0v) is 18.2. The number of hydrogen-bond acceptors (Lipinski definition) is 9. The van der Waals surface area contributed by atoms with Gasteiger partial charge in [0.15, 0.2) is 16.6 Å². The van der Waals surface area contributed by atoms with Crippen molar-refractivity contribution in [3.8, 4) is 17.2 Å². The topological polar surface area (TPSA) is 90.0 Å². The summed E-state index contributed by atoms with van der Waals surface area (Å²) in [7, 11) is 4.55. The molecule has 3 rings (SSSR count). The Morgan fingerprint density at radius 3 is 2.48 bits per heavy atom. The van der Waals surface area contributed by atoms with Crippen LogP contribution in [0.2, 0.25) is 0 Å². The molecule has 1 saturated heterocycles. The number of nitrogens with one attached hydrogen (secondary N) is 1. The number of benzene rings is 1. The molecule has 1 aromatic carbocycles. The minimum Gasteiger partial charge on any atom is -0.493 e. The summed E-state index contributed by atoms with van der Waals surface area (Å²) in [5.41, 5.74) is 0.673. The van der Waals surface area contributed by atoms with E-state index in [4.69, 9.17) is 26.4 Å². The van der Waals surface area contributed by atoms with E-state index in [1.54, 1.807) is 29.8 Å². The van der Waals surface area contributed by atoms with Gasteiger partial charge in [-0.15, -0.1) is 11.3 Å². The third-order valence-electron chi connectivity index (χ3n) is 3.84. The molecule has 29 heavy (non-hydrogen) atoms. The number of anilines is 1. The summed E-state index contributed by atoms with van der Waals surface area (Å²) < 4.78 is 16.3. The van der Waals surface area contributed by atoms with E-state index in [1.807, 2.05) is 0 Å². The number of thioether (sulfide) groups is 1. The molecule has 2 amide bonds. The van der Waals surface area contributed by atoms with Crippen LogP contribution in [0, 0.1) is 0 Å². The number of carbonyl (C=O) groups excluding carboxylic acids is 2. The van der Waals surface area contributed by atoms with Crippen molar-refractivity contribution in [2.45, 2.75) is 0 Å². The van der Waals surface area contributed by atoms with Gasteiger partial charge in [-0.05, 0) is 23.8 Å².